The third-order valence-corrected chi connectivity index (χ3v) is 2.79. The second-order valence-corrected chi connectivity index (χ2v) is 3.94. The minimum atomic E-state index is -0.503. The van der Waals surface area contributed by atoms with Crippen LogP contribution >= 0.6 is 8.58 Å². The van der Waals surface area contributed by atoms with Crippen molar-refractivity contribution < 1.29 is 9.59 Å². The van der Waals surface area contributed by atoms with Gasteiger partial charge < -0.3 is 11.1 Å². The minimum absolute atomic E-state index is 0.109. The van der Waals surface area contributed by atoms with Gasteiger partial charge in [0, 0.05) is 12.5 Å². The van der Waals surface area contributed by atoms with Crippen molar-refractivity contribution in [2.45, 2.75) is 19.8 Å². The van der Waals surface area contributed by atoms with Crippen LogP contribution < -0.4 is 11.1 Å². The fourth-order valence-corrected chi connectivity index (χ4v) is 1.63. The topological polar surface area (TPSA) is 72.2 Å². The Bertz CT molecular complexity index is 185. The molecule has 4 nitrogen and oxygen atoms in total. The van der Waals surface area contributed by atoms with E-state index < -0.39 is 6.03 Å². The van der Waals surface area contributed by atoms with Gasteiger partial charge in [-0.1, -0.05) is 15.5 Å². The van der Waals surface area contributed by atoms with Crippen LogP contribution in [0.2, 0.25) is 0 Å². The highest BCUT2D eigenvalue weighted by molar-refractivity contribution is 7.57. The Hall–Kier alpha value is -0.630. The molecule has 0 aliphatic rings. The number of nitrogens with one attached hydrogen (secondary N) is 1. The van der Waals surface area contributed by atoms with Crippen LogP contribution in [-0.2, 0) is 4.79 Å². The fraction of sp³-hybridized carbons (Fsp3) is 0.750. The van der Waals surface area contributed by atoms with Gasteiger partial charge in [-0.3, -0.25) is 4.79 Å². The number of carbonyl (C=O) groups is 2. The lowest BCUT2D eigenvalue weighted by atomic mass is 10.1. The molecule has 2 atom stereocenters. The van der Waals surface area contributed by atoms with Gasteiger partial charge in [0.25, 0.3) is 0 Å². The smallest absolute Gasteiger partial charge is 0.312 e. The molecular weight excluding hydrogens is 187 g/mol. The lowest BCUT2D eigenvalue weighted by Crippen LogP contribution is -2.30. The van der Waals surface area contributed by atoms with E-state index >= 15 is 0 Å². The first kappa shape index (κ1) is 12.4. The molecule has 0 spiro atoms. The zero-order valence-corrected chi connectivity index (χ0v) is 9.09. The standard InChI is InChI=1S/C8H17N2O2P/c1-6(7(11)13-2)4-3-5-10-8(9)12/h6,13H,3-5H2,1-2H3,(H3,9,10,12). The molecule has 0 saturated heterocycles. The summed E-state index contributed by atoms with van der Waals surface area (Å²) in [6.45, 7) is 4.36. The van der Waals surface area contributed by atoms with E-state index in [4.69, 9.17) is 5.73 Å². The van der Waals surface area contributed by atoms with E-state index in [1.165, 1.54) is 0 Å². The van der Waals surface area contributed by atoms with Gasteiger partial charge in [-0.25, -0.2) is 4.79 Å². The second kappa shape index (κ2) is 6.84. The van der Waals surface area contributed by atoms with E-state index in [0.717, 1.165) is 12.8 Å². The Labute approximate surface area is 80.4 Å². The van der Waals surface area contributed by atoms with Gasteiger partial charge in [-0.05, 0) is 19.5 Å². The summed E-state index contributed by atoms with van der Waals surface area (Å²) in [6.07, 6.45) is 1.63. The maximum atomic E-state index is 11.1. The highest BCUT2D eigenvalue weighted by Gasteiger charge is 2.09. The zero-order valence-electron chi connectivity index (χ0n) is 8.09. The molecule has 13 heavy (non-hydrogen) atoms. The van der Waals surface area contributed by atoms with Crippen molar-refractivity contribution in [2.24, 2.45) is 11.7 Å². The number of hydrogen-bond acceptors (Lipinski definition) is 2. The summed E-state index contributed by atoms with van der Waals surface area (Å²) < 4.78 is 0. The Morgan fingerprint density at radius 2 is 2.15 bits per heavy atom. The Morgan fingerprint density at radius 3 is 2.62 bits per heavy atom. The summed E-state index contributed by atoms with van der Waals surface area (Å²) in [5, 5.41) is 2.49. The molecular formula is C8H17N2O2P. The third kappa shape index (κ3) is 6.52. The van der Waals surface area contributed by atoms with Crippen LogP contribution in [-0.4, -0.2) is 24.8 Å². The third-order valence-electron chi connectivity index (χ3n) is 1.81. The van der Waals surface area contributed by atoms with E-state index in [1.54, 1.807) is 0 Å². The summed E-state index contributed by atoms with van der Waals surface area (Å²) in [4.78, 5) is 21.4. The van der Waals surface area contributed by atoms with Crippen LogP contribution in [0.25, 0.3) is 0 Å². The number of nitrogens with two attached hydrogens (primary N) is 1. The average Bonchev–Trinajstić information content (AvgIpc) is 2.10. The van der Waals surface area contributed by atoms with Crippen LogP contribution in [0.3, 0.4) is 0 Å². The van der Waals surface area contributed by atoms with E-state index in [9.17, 15) is 9.59 Å². The van der Waals surface area contributed by atoms with Crippen molar-refractivity contribution in [2.75, 3.05) is 13.2 Å². The van der Waals surface area contributed by atoms with Gasteiger partial charge in [0.1, 0.15) is 0 Å². The molecule has 0 aliphatic heterocycles. The second-order valence-electron chi connectivity index (χ2n) is 2.95. The van der Waals surface area contributed by atoms with Crippen LogP contribution in [0.15, 0.2) is 0 Å². The van der Waals surface area contributed by atoms with E-state index in [2.05, 4.69) is 5.32 Å². The Balaban J connectivity index is 3.42. The Morgan fingerprint density at radius 1 is 1.54 bits per heavy atom. The number of carbonyl (C=O) groups excluding carboxylic acids is 2. The predicted molar refractivity (Wildman–Crippen MR) is 55.2 cm³/mol. The van der Waals surface area contributed by atoms with Gasteiger partial charge in [-0.2, -0.15) is 0 Å². The average molecular weight is 204 g/mol. The molecule has 0 aromatic rings. The van der Waals surface area contributed by atoms with Crippen LogP contribution in [0.5, 0.6) is 0 Å². The summed E-state index contributed by atoms with van der Waals surface area (Å²) in [5.74, 6) is 0.109. The molecule has 2 amide bonds. The molecule has 0 aromatic carbocycles. The van der Waals surface area contributed by atoms with Crippen molar-refractivity contribution in [3.05, 3.63) is 0 Å². The summed E-state index contributed by atoms with van der Waals surface area (Å²) in [5.41, 5.74) is 5.18. The van der Waals surface area contributed by atoms with E-state index in [1.807, 2.05) is 13.6 Å². The van der Waals surface area contributed by atoms with E-state index in [-0.39, 0.29) is 5.92 Å². The highest BCUT2D eigenvalue weighted by atomic mass is 31.1. The molecule has 0 saturated carbocycles. The SMILES string of the molecule is CPC(=O)C(C)CCCNC(N)=O. The molecule has 0 aromatic heterocycles. The zero-order chi connectivity index (χ0) is 10.3. The molecule has 0 rings (SSSR count). The van der Waals surface area contributed by atoms with Crippen LogP contribution in [0.1, 0.15) is 19.8 Å². The quantitative estimate of drug-likeness (QED) is 0.498. The van der Waals surface area contributed by atoms with Gasteiger partial charge in [0.05, 0.1) is 0 Å². The van der Waals surface area contributed by atoms with Gasteiger partial charge >= 0.3 is 6.03 Å². The summed E-state index contributed by atoms with van der Waals surface area (Å²) in [6, 6.07) is -0.503. The largest absolute Gasteiger partial charge is 0.352 e. The van der Waals surface area contributed by atoms with Crippen molar-refractivity contribution in [3.8, 4) is 0 Å². The number of amides is 2. The lowest BCUT2D eigenvalue weighted by Gasteiger charge is -2.08. The molecule has 0 bridgehead atoms. The van der Waals surface area contributed by atoms with Crippen molar-refractivity contribution in [1.29, 1.82) is 0 Å². The van der Waals surface area contributed by atoms with Crippen LogP contribution in [0.4, 0.5) is 4.79 Å². The monoisotopic (exact) mass is 204 g/mol. The van der Waals surface area contributed by atoms with Crippen molar-refractivity contribution >= 4 is 20.1 Å². The summed E-state index contributed by atoms with van der Waals surface area (Å²) >= 11 is 0. The maximum Gasteiger partial charge on any atom is 0.312 e. The molecule has 0 aliphatic carbocycles. The summed E-state index contributed by atoms with van der Waals surface area (Å²) in [7, 11) is 0.368. The fourth-order valence-electron chi connectivity index (χ4n) is 0.997. The maximum absolute atomic E-state index is 11.1. The van der Waals surface area contributed by atoms with Gasteiger partial charge in [0.15, 0.2) is 5.52 Å². The first-order chi connectivity index (χ1) is 6.07. The number of hydrogen-bond donors (Lipinski definition) is 2. The first-order valence-corrected chi connectivity index (χ1v) is 5.82. The normalized spacial score (nSPS) is 13.1. The minimum Gasteiger partial charge on any atom is -0.352 e. The molecule has 0 radical (unpaired) electrons. The van der Waals surface area contributed by atoms with Gasteiger partial charge in [0.2, 0.25) is 0 Å². The number of rotatable bonds is 6. The molecule has 2 unspecified atom stereocenters. The van der Waals surface area contributed by atoms with Gasteiger partial charge in [-0.15, -0.1) is 0 Å². The molecule has 5 heteroatoms. The molecule has 0 heterocycles. The first-order valence-electron chi connectivity index (χ1n) is 4.32. The Kier molecular flexibility index (Phi) is 6.51. The molecule has 0 fully saturated rings. The predicted octanol–water partition coefficient (Wildman–Crippen LogP) is 0.906. The number of urea groups is 1. The lowest BCUT2D eigenvalue weighted by molar-refractivity contribution is -0.114. The van der Waals surface area contributed by atoms with Crippen molar-refractivity contribution in [1.82, 2.24) is 5.32 Å². The van der Waals surface area contributed by atoms with Crippen molar-refractivity contribution in [3.63, 3.8) is 0 Å². The van der Waals surface area contributed by atoms with E-state index in [0.29, 0.717) is 20.6 Å². The molecule has 76 valence electrons. The van der Waals surface area contributed by atoms with Crippen LogP contribution in [0, 0.1) is 5.92 Å². The highest BCUT2D eigenvalue weighted by Crippen LogP contribution is 2.17. The molecule has 3 N–H and O–H groups in total. The number of primary amides is 1.